The average Bonchev–Trinajstić information content (AvgIpc) is 2.88. The molecule has 8 nitrogen and oxygen atoms in total. The second-order valence-corrected chi connectivity index (χ2v) is 3.75. The van der Waals surface area contributed by atoms with E-state index in [1.165, 1.54) is 22.8 Å². The van der Waals surface area contributed by atoms with E-state index in [1.807, 2.05) is 0 Å². The SMILES string of the molecule is O=C(O)c1cccc(Nc2cncc3nnnn23)c1. The molecule has 0 spiro atoms. The van der Waals surface area contributed by atoms with E-state index >= 15 is 0 Å². The Morgan fingerprint density at radius 2 is 2.21 bits per heavy atom. The van der Waals surface area contributed by atoms with Gasteiger partial charge in [0, 0.05) is 5.69 Å². The Hall–Kier alpha value is -3.03. The Labute approximate surface area is 106 Å². The molecule has 3 rings (SSSR count). The van der Waals surface area contributed by atoms with E-state index in [2.05, 4.69) is 25.8 Å². The molecular formula is C11H8N6O2. The van der Waals surface area contributed by atoms with Gasteiger partial charge in [0.15, 0.2) is 11.5 Å². The molecule has 0 amide bonds. The van der Waals surface area contributed by atoms with Crippen LogP contribution in [0.3, 0.4) is 0 Å². The highest BCUT2D eigenvalue weighted by atomic mass is 16.4. The van der Waals surface area contributed by atoms with Crippen molar-refractivity contribution in [2.45, 2.75) is 0 Å². The maximum atomic E-state index is 10.9. The predicted molar refractivity (Wildman–Crippen MR) is 65.3 cm³/mol. The summed E-state index contributed by atoms with van der Waals surface area (Å²) in [4.78, 5) is 14.9. The highest BCUT2D eigenvalue weighted by Gasteiger charge is 2.06. The molecule has 0 aliphatic carbocycles. The molecule has 0 saturated heterocycles. The zero-order valence-electron chi connectivity index (χ0n) is 9.56. The smallest absolute Gasteiger partial charge is 0.335 e. The van der Waals surface area contributed by atoms with Crippen LogP contribution in [-0.4, -0.2) is 36.1 Å². The van der Waals surface area contributed by atoms with Gasteiger partial charge in [-0.1, -0.05) is 6.07 Å². The minimum Gasteiger partial charge on any atom is -0.478 e. The number of anilines is 2. The van der Waals surface area contributed by atoms with Gasteiger partial charge in [0.05, 0.1) is 18.0 Å². The minimum absolute atomic E-state index is 0.196. The molecule has 0 radical (unpaired) electrons. The van der Waals surface area contributed by atoms with Crippen molar-refractivity contribution >= 4 is 23.1 Å². The Morgan fingerprint density at radius 3 is 3.05 bits per heavy atom. The highest BCUT2D eigenvalue weighted by molar-refractivity contribution is 5.89. The van der Waals surface area contributed by atoms with E-state index in [0.29, 0.717) is 17.2 Å². The zero-order valence-corrected chi connectivity index (χ0v) is 9.56. The van der Waals surface area contributed by atoms with Crippen LogP contribution in [0.1, 0.15) is 10.4 Å². The molecule has 19 heavy (non-hydrogen) atoms. The molecule has 1 aromatic carbocycles. The van der Waals surface area contributed by atoms with Crippen molar-refractivity contribution in [3.63, 3.8) is 0 Å². The van der Waals surface area contributed by atoms with Crippen LogP contribution < -0.4 is 5.32 Å². The third kappa shape index (κ3) is 2.06. The Balaban J connectivity index is 1.99. The number of carboxylic acids is 1. The summed E-state index contributed by atoms with van der Waals surface area (Å²) < 4.78 is 1.47. The molecule has 3 aromatic rings. The van der Waals surface area contributed by atoms with Crippen LogP contribution in [0.15, 0.2) is 36.7 Å². The van der Waals surface area contributed by atoms with E-state index in [4.69, 9.17) is 5.11 Å². The lowest BCUT2D eigenvalue weighted by Crippen LogP contribution is -2.02. The summed E-state index contributed by atoms with van der Waals surface area (Å²) in [7, 11) is 0. The second-order valence-electron chi connectivity index (χ2n) is 3.75. The first-order valence-corrected chi connectivity index (χ1v) is 5.36. The van der Waals surface area contributed by atoms with Crippen LogP contribution in [0, 0.1) is 0 Å². The number of hydrogen-bond acceptors (Lipinski definition) is 6. The largest absolute Gasteiger partial charge is 0.478 e. The standard InChI is InChI=1S/C11H8N6O2/c18-11(19)7-2-1-3-8(4-7)13-9-5-12-6-10-14-15-16-17(9)10/h1-6,13H,(H,18,19). The number of tetrazole rings is 1. The van der Waals surface area contributed by atoms with Gasteiger partial charge in [-0.2, -0.15) is 4.52 Å². The monoisotopic (exact) mass is 256 g/mol. The molecule has 8 heteroatoms. The van der Waals surface area contributed by atoms with Crippen molar-refractivity contribution in [2.75, 3.05) is 5.32 Å². The van der Waals surface area contributed by atoms with Crippen molar-refractivity contribution in [2.24, 2.45) is 0 Å². The number of aromatic nitrogens is 5. The lowest BCUT2D eigenvalue weighted by molar-refractivity contribution is 0.0697. The number of aromatic carboxylic acids is 1. The van der Waals surface area contributed by atoms with Crippen LogP contribution in [0.2, 0.25) is 0 Å². The van der Waals surface area contributed by atoms with E-state index < -0.39 is 5.97 Å². The molecular weight excluding hydrogens is 248 g/mol. The van der Waals surface area contributed by atoms with Crippen molar-refractivity contribution in [3.05, 3.63) is 42.2 Å². The van der Waals surface area contributed by atoms with Gasteiger partial charge in [-0.05, 0) is 28.6 Å². The summed E-state index contributed by atoms with van der Waals surface area (Å²) >= 11 is 0. The van der Waals surface area contributed by atoms with Gasteiger partial charge in [-0.15, -0.1) is 5.10 Å². The topological polar surface area (TPSA) is 105 Å². The van der Waals surface area contributed by atoms with Crippen LogP contribution >= 0.6 is 0 Å². The molecule has 0 unspecified atom stereocenters. The Morgan fingerprint density at radius 1 is 1.32 bits per heavy atom. The fraction of sp³-hybridized carbons (Fsp3) is 0. The van der Waals surface area contributed by atoms with E-state index in [-0.39, 0.29) is 5.56 Å². The lowest BCUT2D eigenvalue weighted by atomic mass is 10.2. The number of carboxylic acid groups (broad SMARTS) is 1. The summed E-state index contributed by atoms with van der Waals surface area (Å²) in [6, 6.07) is 6.43. The first-order valence-electron chi connectivity index (χ1n) is 5.36. The summed E-state index contributed by atoms with van der Waals surface area (Å²) in [5.41, 5.74) is 1.31. The second kappa shape index (κ2) is 4.33. The fourth-order valence-electron chi connectivity index (χ4n) is 1.64. The average molecular weight is 256 g/mol. The molecule has 0 bridgehead atoms. The van der Waals surface area contributed by atoms with Crippen molar-refractivity contribution in [1.29, 1.82) is 0 Å². The number of hydrogen-bond donors (Lipinski definition) is 2. The quantitative estimate of drug-likeness (QED) is 0.718. The molecule has 2 aromatic heterocycles. The fourth-order valence-corrected chi connectivity index (χ4v) is 1.64. The molecule has 2 N–H and O–H groups in total. The minimum atomic E-state index is -0.984. The third-order valence-electron chi connectivity index (χ3n) is 2.49. The summed E-state index contributed by atoms with van der Waals surface area (Å²) in [5, 5.41) is 23.1. The van der Waals surface area contributed by atoms with Crippen molar-refractivity contribution < 1.29 is 9.90 Å². The van der Waals surface area contributed by atoms with Crippen LogP contribution in [0.5, 0.6) is 0 Å². The van der Waals surface area contributed by atoms with Crippen LogP contribution in [0.4, 0.5) is 11.5 Å². The van der Waals surface area contributed by atoms with Crippen molar-refractivity contribution in [3.8, 4) is 0 Å². The lowest BCUT2D eigenvalue weighted by Gasteiger charge is -2.07. The van der Waals surface area contributed by atoms with Gasteiger partial charge in [0.1, 0.15) is 0 Å². The molecule has 0 saturated carbocycles. The third-order valence-corrected chi connectivity index (χ3v) is 2.49. The Bertz CT molecular complexity index is 754. The van der Waals surface area contributed by atoms with Gasteiger partial charge in [-0.25, -0.2) is 4.79 Å². The number of fused-ring (bicyclic) bond motifs is 1. The predicted octanol–water partition coefficient (Wildman–Crippen LogP) is 0.961. The highest BCUT2D eigenvalue weighted by Crippen LogP contribution is 2.17. The van der Waals surface area contributed by atoms with Gasteiger partial charge >= 0.3 is 5.97 Å². The van der Waals surface area contributed by atoms with E-state index in [9.17, 15) is 4.79 Å². The molecule has 94 valence electrons. The van der Waals surface area contributed by atoms with Crippen LogP contribution in [-0.2, 0) is 0 Å². The molecule has 0 atom stereocenters. The Kier molecular flexibility index (Phi) is 2.53. The zero-order chi connectivity index (χ0) is 13.2. The van der Waals surface area contributed by atoms with Gasteiger partial charge < -0.3 is 10.4 Å². The maximum absolute atomic E-state index is 10.9. The summed E-state index contributed by atoms with van der Waals surface area (Å²) in [6.07, 6.45) is 3.08. The normalized spacial score (nSPS) is 10.5. The number of nitrogens with zero attached hydrogens (tertiary/aromatic N) is 5. The van der Waals surface area contributed by atoms with Gasteiger partial charge in [0.25, 0.3) is 0 Å². The van der Waals surface area contributed by atoms with Crippen molar-refractivity contribution in [1.82, 2.24) is 25.0 Å². The summed E-state index contributed by atoms with van der Waals surface area (Å²) in [6.45, 7) is 0. The molecule has 0 aliphatic heterocycles. The van der Waals surface area contributed by atoms with Crippen LogP contribution in [0.25, 0.3) is 5.65 Å². The first-order chi connectivity index (χ1) is 9.24. The molecule has 0 fully saturated rings. The van der Waals surface area contributed by atoms with Gasteiger partial charge in [0.2, 0.25) is 0 Å². The number of nitrogens with one attached hydrogen (secondary N) is 1. The van der Waals surface area contributed by atoms with E-state index in [1.54, 1.807) is 18.3 Å². The number of rotatable bonds is 3. The van der Waals surface area contributed by atoms with Gasteiger partial charge in [-0.3, -0.25) is 4.98 Å². The van der Waals surface area contributed by atoms with E-state index in [0.717, 1.165) is 0 Å². The number of carbonyl (C=O) groups is 1. The first kappa shape index (κ1) is 11.1. The molecule has 2 heterocycles. The number of benzene rings is 1. The summed E-state index contributed by atoms with van der Waals surface area (Å²) in [5.74, 6) is -0.438. The molecule has 0 aliphatic rings. The maximum Gasteiger partial charge on any atom is 0.335 e.